The van der Waals surface area contributed by atoms with Crippen molar-refractivity contribution in [2.45, 2.75) is 19.4 Å². The van der Waals surface area contributed by atoms with Crippen LogP contribution in [-0.4, -0.2) is 62.4 Å². The predicted octanol–water partition coefficient (Wildman–Crippen LogP) is 2.08. The van der Waals surface area contributed by atoms with Crippen LogP contribution < -0.4 is 4.74 Å². The van der Waals surface area contributed by atoms with Crippen molar-refractivity contribution in [2.24, 2.45) is 0 Å². The molecule has 31 heavy (non-hydrogen) atoms. The molecule has 8 nitrogen and oxygen atoms in total. The molecule has 3 rings (SSSR count). The quantitative estimate of drug-likeness (QED) is 0.495. The van der Waals surface area contributed by atoms with Crippen molar-refractivity contribution in [3.63, 3.8) is 0 Å². The number of rotatable bonds is 6. The summed E-state index contributed by atoms with van der Waals surface area (Å²) in [5.41, 5.74) is 2.02. The van der Waals surface area contributed by atoms with E-state index < -0.39 is 34.3 Å². The van der Waals surface area contributed by atoms with Gasteiger partial charge in [-0.3, -0.25) is 9.59 Å². The number of benzene rings is 2. The number of sulfone groups is 1. The van der Waals surface area contributed by atoms with Crippen LogP contribution in [0.4, 0.5) is 0 Å². The summed E-state index contributed by atoms with van der Waals surface area (Å²) in [5.74, 6) is -1.03. The largest absolute Gasteiger partial charge is 0.452 e. The van der Waals surface area contributed by atoms with Gasteiger partial charge in [0.1, 0.15) is 5.75 Å². The lowest BCUT2D eigenvalue weighted by Gasteiger charge is -2.23. The van der Waals surface area contributed by atoms with E-state index in [1.165, 1.54) is 18.9 Å². The molecular weight excluding hydrogens is 422 g/mol. The van der Waals surface area contributed by atoms with Gasteiger partial charge in [0, 0.05) is 20.0 Å². The van der Waals surface area contributed by atoms with E-state index in [0.717, 1.165) is 11.1 Å². The van der Waals surface area contributed by atoms with Gasteiger partial charge in [-0.25, -0.2) is 13.2 Å². The third-order valence-corrected chi connectivity index (χ3v) is 6.80. The molecule has 0 spiro atoms. The molecule has 1 aliphatic rings. The molecule has 1 aliphatic heterocycles. The average Bonchev–Trinajstić information content (AvgIpc) is 3.11. The first-order chi connectivity index (χ1) is 14.6. The summed E-state index contributed by atoms with van der Waals surface area (Å²) in [6.07, 6.45) is 0.391. The molecule has 2 aromatic carbocycles. The topological polar surface area (TPSA) is 107 Å². The van der Waals surface area contributed by atoms with Crippen molar-refractivity contribution < 1.29 is 32.3 Å². The lowest BCUT2D eigenvalue weighted by atomic mass is 10.0. The molecule has 1 fully saturated rings. The number of nitrogens with zero attached hydrogens (tertiary/aromatic N) is 1. The monoisotopic (exact) mass is 445 g/mol. The van der Waals surface area contributed by atoms with Crippen LogP contribution in [0.1, 0.15) is 23.7 Å². The predicted molar refractivity (Wildman–Crippen MR) is 113 cm³/mol. The molecule has 0 saturated carbocycles. The summed E-state index contributed by atoms with van der Waals surface area (Å²) in [6, 6.07) is 13.2. The van der Waals surface area contributed by atoms with Gasteiger partial charge in [0.2, 0.25) is 0 Å². The van der Waals surface area contributed by atoms with E-state index in [2.05, 4.69) is 0 Å². The number of hydrogen-bond donors (Lipinski definition) is 0. The molecule has 1 amide bonds. The number of likely N-dealkylation sites (N-methyl/N-ethyl adjacent to an activating group) is 1. The normalized spacial score (nSPS) is 17.0. The van der Waals surface area contributed by atoms with Crippen molar-refractivity contribution in [3.8, 4) is 16.9 Å². The summed E-state index contributed by atoms with van der Waals surface area (Å²) in [7, 11) is -1.59. The van der Waals surface area contributed by atoms with E-state index in [4.69, 9.17) is 9.47 Å². The molecule has 9 heteroatoms. The molecule has 1 saturated heterocycles. The maximum absolute atomic E-state index is 12.3. The molecule has 0 bridgehead atoms. The lowest BCUT2D eigenvalue weighted by molar-refractivity contribution is -0.135. The van der Waals surface area contributed by atoms with Crippen LogP contribution in [0.25, 0.3) is 11.1 Å². The van der Waals surface area contributed by atoms with Gasteiger partial charge < -0.3 is 14.4 Å². The van der Waals surface area contributed by atoms with E-state index >= 15 is 0 Å². The highest BCUT2D eigenvalue weighted by molar-refractivity contribution is 7.91. The zero-order chi connectivity index (χ0) is 22.6. The van der Waals surface area contributed by atoms with E-state index in [1.807, 2.05) is 0 Å². The molecule has 0 radical (unpaired) electrons. The van der Waals surface area contributed by atoms with Gasteiger partial charge in [-0.2, -0.15) is 0 Å². The SMILES string of the molecule is CC(=O)Oc1ccc(-c2ccc(C(=O)OCC(=O)N(C)C3CCS(=O)(=O)C3)cc2)cc1. The van der Waals surface area contributed by atoms with E-state index in [1.54, 1.807) is 48.5 Å². The highest BCUT2D eigenvalue weighted by atomic mass is 32.2. The van der Waals surface area contributed by atoms with E-state index in [9.17, 15) is 22.8 Å². The van der Waals surface area contributed by atoms with Crippen LogP contribution in [0.2, 0.25) is 0 Å². The zero-order valence-corrected chi connectivity index (χ0v) is 18.1. The number of hydrogen-bond acceptors (Lipinski definition) is 7. The Morgan fingerprint density at radius 3 is 2.10 bits per heavy atom. The summed E-state index contributed by atoms with van der Waals surface area (Å²) in [4.78, 5) is 36.8. The summed E-state index contributed by atoms with van der Waals surface area (Å²) < 4.78 is 33.2. The number of ether oxygens (including phenoxy) is 2. The summed E-state index contributed by atoms with van der Waals surface area (Å²) >= 11 is 0. The second kappa shape index (κ2) is 9.30. The van der Waals surface area contributed by atoms with Gasteiger partial charge in [0.15, 0.2) is 16.4 Å². The first-order valence-electron chi connectivity index (χ1n) is 9.67. The third kappa shape index (κ3) is 5.91. The Bertz CT molecular complexity index is 1080. The number of carbonyl (C=O) groups is 3. The molecule has 1 atom stereocenters. The Morgan fingerprint density at radius 1 is 1.00 bits per heavy atom. The van der Waals surface area contributed by atoms with Crippen LogP contribution in [0.5, 0.6) is 5.75 Å². The van der Waals surface area contributed by atoms with Crippen molar-refractivity contribution in [1.82, 2.24) is 4.90 Å². The first-order valence-corrected chi connectivity index (χ1v) is 11.5. The van der Waals surface area contributed by atoms with E-state index in [-0.39, 0.29) is 17.5 Å². The molecular formula is C22H23NO7S. The Balaban J connectivity index is 1.55. The Hall–Kier alpha value is -3.20. The van der Waals surface area contributed by atoms with Crippen LogP contribution in [-0.2, 0) is 24.2 Å². The van der Waals surface area contributed by atoms with Gasteiger partial charge >= 0.3 is 11.9 Å². The molecule has 164 valence electrons. The van der Waals surface area contributed by atoms with Crippen molar-refractivity contribution in [1.29, 1.82) is 0 Å². The van der Waals surface area contributed by atoms with Crippen molar-refractivity contribution >= 4 is 27.7 Å². The first kappa shape index (κ1) is 22.5. The average molecular weight is 445 g/mol. The maximum Gasteiger partial charge on any atom is 0.338 e. The number of amides is 1. The van der Waals surface area contributed by atoms with Gasteiger partial charge in [-0.05, 0) is 41.8 Å². The molecule has 2 aromatic rings. The van der Waals surface area contributed by atoms with Crippen molar-refractivity contribution in [2.75, 3.05) is 25.2 Å². The second-order valence-electron chi connectivity index (χ2n) is 7.33. The standard InChI is InChI=1S/C22H23NO7S/c1-15(24)30-20-9-7-17(8-10-20)16-3-5-18(6-4-16)22(26)29-13-21(25)23(2)19-11-12-31(27,28)14-19/h3-10,19H,11-14H2,1-2H3. The molecule has 1 unspecified atom stereocenters. The summed E-state index contributed by atoms with van der Waals surface area (Å²) in [6.45, 7) is 0.877. The van der Waals surface area contributed by atoms with Crippen LogP contribution >= 0.6 is 0 Å². The molecule has 0 aliphatic carbocycles. The van der Waals surface area contributed by atoms with Gasteiger partial charge in [0.05, 0.1) is 17.1 Å². The minimum atomic E-state index is -3.11. The minimum Gasteiger partial charge on any atom is -0.452 e. The fourth-order valence-corrected chi connectivity index (χ4v) is 5.05. The third-order valence-electron chi connectivity index (χ3n) is 5.05. The fraction of sp³-hybridized carbons (Fsp3) is 0.318. The highest BCUT2D eigenvalue weighted by Gasteiger charge is 2.32. The smallest absolute Gasteiger partial charge is 0.338 e. The lowest BCUT2D eigenvalue weighted by Crippen LogP contribution is -2.40. The molecule has 0 N–H and O–H groups in total. The Morgan fingerprint density at radius 2 is 1.58 bits per heavy atom. The van der Waals surface area contributed by atoms with Crippen LogP contribution in [0.15, 0.2) is 48.5 Å². The molecule has 1 heterocycles. The molecule has 0 aromatic heterocycles. The fourth-order valence-electron chi connectivity index (χ4n) is 3.28. The van der Waals surface area contributed by atoms with Gasteiger partial charge in [0.25, 0.3) is 5.91 Å². The maximum atomic E-state index is 12.3. The van der Waals surface area contributed by atoms with Crippen molar-refractivity contribution in [3.05, 3.63) is 54.1 Å². The Labute approximate surface area is 180 Å². The van der Waals surface area contributed by atoms with Gasteiger partial charge in [-0.1, -0.05) is 24.3 Å². The zero-order valence-electron chi connectivity index (χ0n) is 17.2. The van der Waals surface area contributed by atoms with Crippen LogP contribution in [0.3, 0.4) is 0 Å². The number of esters is 2. The van der Waals surface area contributed by atoms with Crippen LogP contribution in [0, 0.1) is 0 Å². The van der Waals surface area contributed by atoms with E-state index in [0.29, 0.717) is 17.7 Å². The Kier molecular flexibility index (Phi) is 6.74. The minimum absolute atomic E-state index is 0.0630. The number of carbonyl (C=O) groups excluding carboxylic acids is 3. The highest BCUT2D eigenvalue weighted by Crippen LogP contribution is 2.23. The van der Waals surface area contributed by atoms with Gasteiger partial charge in [-0.15, -0.1) is 0 Å². The summed E-state index contributed by atoms with van der Waals surface area (Å²) in [5, 5.41) is 0. The second-order valence-corrected chi connectivity index (χ2v) is 9.56.